The molecule has 0 aromatic rings. The summed E-state index contributed by atoms with van der Waals surface area (Å²) in [7, 11) is -6.11. The van der Waals surface area contributed by atoms with E-state index in [1.54, 1.807) is 0 Å². The van der Waals surface area contributed by atoms with Gasteiger partial charge in [-0.3, -0.25) is 8.57 Å². The van der Waals surface area contributed by atoms with Crippen molar-refractivity contribution in [3.8, 4) is 0 Å². The molecule has 0 heterocycles. The zero-order chi connectivity index (χ0) is 9.40. The summed E-state index contributed by atoms with van der Waals surface area (Å²) in [6, 6.07) is 0. The minimum Gasteiger partial charge on any atom is -0.271 e. The van der Waals surface area contributed by atoms with Gasteiger partial charge in [0.15, 0.2) is 0 Å². The Morgan fingerprint density at radius 2 is 1.17 bits per heavy atom. The molecule has 0 aliphatic carbocycles. The number of thiol groups is 2. The molecule has 8 nitrogen and oxygen atoms in total. The van der Waals surface area contributed by atoms with Gasteiger partial charge in [-0.05, 0) is 0 Å². The molecule has 0 aromatic heterocycles. The Bertz CT molecular complexity index is 266. The predicted molar refractivity (Wildman–Crippen MR) is 39.8 cm³/mol. The smallest absolute Gasteiger partial charge is 0.271 e. The Hall–Kier alpha value is -1.16. The van der Waals surface area contributed by atoms with Crippen LogP contribution in [0.25, 0.3) is 0 Å². The van der Waals surface area contributed by atoms with Gasteiger partial charge < -0.3 is 0 Å². The molecule has 0 saturated carbocycles. The lowest BCUT2D eigenvalue weighted by Gasteiger charge is -1.80. The molecule has 0 aliphatic rings. The lowest BCUT2D eigenvalue weighted by molar-refractivity contribution is 0.354. The van der Waals surface area contributed by atoms with Gasteiger partial charge in [-0.15, -0.1) is 0 Å². The van der Waals surface area contributed by atoms with Crippen LogP contribution >= 0.6 is 0 Å². The average Bonchev–Trinajstić information content (AvgIpc) is 1.95. The molecular weight excluding hydrogens is 212 g/mol. The monoisotopic (exact) mass is 216 g/mol. The first kappa shape index (κ1) is 10.8. The zero-order valence-electron chi connectivity index (χ0n) is 5.39. The first-order chi connectivity index (χ1) is 5.63. The highest BCUT2D eigenvalue weighted by Gasteiger charge is 1.76. The lowest BCUT2D eigenvalue weighted by atomic mass is 10.8. The topological polar surface area (TPSA) is 111 Å². The molecule has 12 heavy (non-hydrogen) atoms. The molecule has 0 N–H and O–H groups in total. The first-order valence-electron chi connectivity index (χ1n) is 2.31. The molecule has 0 radical (unpaired) electrons. The molecule has 10 heteroatoms. The minimum absolute atomic E-state index is 0.796. The maximum absolute atomic E-state index is 9.67. The fourth-order valence-electron chi connectivity index (χ4n) is 0.186. The summed E-state index contributed by atoms with van der Waals surface area (Å²) in [4.78, 5) is 0. The number of oxime groups is 2. The molecular formula is C2H4N2O6S2. The van der Waals surface area contributed by atoms with Gasteiger partial charge >= 0.3 is 22.0 Å². The van der Waals surface area contributed by atoms with E-state index in [-0.39, 0.29) is 0 Å². The van der Waals surface area contributed by atoms with E-state index < -0.39 is 22.0 Å². The van der Waals surface area contributed by atoms with Crippen LogP contribution in [-0.4, -0.2) is 29.3 Å². The Morgan fingerprint density at radius 1 is 0.833 bits per heavy atom. The van der Waals surface area contributed by atoms with Crippen molar-refractivity contribution in [2.45, 2.75) is 0 Å². The summed E-state index contributed by atoms with van der Waals surface area (Å²) in [6.07, 6.45) is 1.59. The predicted octanol–water partition coefficient (Wildman–Crippen LogP) is -1.96. The van der Waals surface area contributed by atoms with Gasteiger partial charge in [-0.2, -0.15) is 16.8 Å². The van der Waals surface area contributed by atoms with E-state index in [1.165, 1.54) is 0 Å². The van der Waals surface area contributed by atoms with E-state index in [0.717, 1.165) is 12.4 Å². The third kappa shape index (κ3) is 8.84. The maximum atomic E-state index is 9.67. The summed E-state index contributed by atoms with van der Waals surface area (Å²) in [5, 5.41) is 5.64. The van der Waals surface area contributed by atoms with Crippen molar-refractivity contribution in [3.63, 3.8) is 0 Å². The van der Waals surface area contributed by atoms with E-state index in [2.05, 4.69) is 18.9 Å². The fourth-order valence-corrected chi connectivity index (χ4v) is 0.449. The first-order valence-corrected chi connectivity index (χ1v) is 4.50. The fraction of sp³-hybridized carbons (Fsp3) is 0. The third-order valence-corrected chi connectivity index (χ3v) is 0.871. The summed E-state index contributed by atoms with van der Waals surface area (Å²) in [6.45, 7) is 0. The quantitative estimate of drug-likeness (QED) is 0.313. The Balaban J connectivity index is 3.66. The molecule has 0 fully saturated rings. The summed E-state index contributed by atoms with van der Waals surface area (Å²) < 4.78 is 46.0. The van der Waals surface area contributed by atoms with Crippen LogP contribution in [-0.2, 0) is 30.5 Å². The molecule has 0 saturated heterocycles. The van der Waals surface area contributed by atoms with Crippen LogP contribution in [0.1, 0.15) is 0 Å². The van der Waals surface area contributed by atoms with Crippen LogP contribution in [0.5, 0.6) is 0 Å². The molecule has 0 spiro atoms. The average molecular weight is 216 g/mol. The van der Waals surface area contributed by atoms with Crippen LogP contribution in [0.2, 0.25) is 0 Å². The van der Waals surface area contributed by atoms with Gasteiger partial charge in [0.2, 0.25) is 0 Å². The Morgan fingerprint density at radius 3 is 1.42 bits per heavy atom. The molecule has 0 unspecified atom stereocenters. The largest absolute Gasteiger partial charge is 0.318 e. The lowest BCUT2D eigenvalue weighted by Crippen LogP contribution is -1.83. The van der Waals surface area contributed by atoms with Crippen molar-refractivity contribution >= 4 is 34.4 Å². The second-order valence-electron chi connectivity index (χ2n) is 1.12. The van der Waals surface area contributed by atoms with Crippen LogP contribution < -0.4 is 0 Å². The zero-order valence-corrected chi connectivity index (χ0v) is 7.18. The van der Waals surface area contributed by atoms with Gasteiger partial charge in [0.25, 0.3) is 0 Å². The molecule has 0 rings (SSSR count). The molecule has 0 atom stereocenters. The number of rotatable bonds is 5. The van der Waals surface area contributed by atoms with Crippen molar-refractivity contribution in [1.82, 2.24) is 0 Å². The van der Waals surface area contributed by atoms with E-state index in [4.69, 9.17) is 0 Å². The van der Waals surface area contributed by atoms with Crippen molar-refractivity contribution < 1.29 is 25.4 Å². The van der Waals surface area contributed by atoms with E-state index in [9.17, 15) is 16.8 Å². The molecule has 0 amide bonds. The van der Waals surface area contributed by atoms with E-state index in [1.807, 2.05) is 0 Å². The minimum atomic E-state index is -3.05. The van der Waals surface area contributed by atoms with Crippen LogP contribution in [0.3, 0.4) is 0 Å². The van der Waals surface area contributed by atoms with Crippen molar-refractivity contribution in [2.75, 3.05) is 0 Å². The third-order valence-electron chi connectivity index (χ3n) is 0.416. The SMILES string of the molecule is O=[SH](=O)ON=CC=NO[SH](=O)=O. The Labute approximate surface area is 70.8 Å². The van der Waals surface area contributed by atoms with Crippen molar-refractivity contribution in [3.05, 3.63) is 0 Å². The van der Waals surface area contributed by atoms with Crippen molar-refractivity contribution in [1.29, 1.82) is 0 Å². The normalized spacial score (nSPS) is 11.8. The van der Waals surface area contributed by atoms with Crippen LogP contribution in [0, 0.1) is 0 Å². The van der Waals surface area contributed by atoms with E-state index >= 15 is 0 Å². The highest BCUT2D eigenvalue weighted by Crippen LogP contribution is 1.72. The van der Waals surface area contributed by atoms with Crippen LogP contribution in [0.15, 0.2) is 10.3 Å². The molecule has 70 valence electrons. The highest BCUT2D eigenvalue weighted by molar-refractivity contribution is 7.67. The van der Waals surface area contributed by atoms with Gasteiger partial charge in [0.1, 0.15) is 0 Å². The number of nitrogens with zero attached hydrogens (tertiary/aromatic N) is 2. The van der Waals surface area contributed by atoms with E-state index in [0.29, 0.717) is 0 Å². The molecule has 0 aromatic carbocycles. The van der Waals surface area contributed by atoms with Crippen molar-refractivity contribution in [2.24, 2.45) is 10.3 Å². The summed E-state index contributed by atoms with van der Waals surface area (Å²) in [5.41, 5.74) is 0. The van der Waals surface area contributed by atoms with Crippen LogP contribution in [0.4, 0.5) is 0 Å². The second-order valence-corrected chi connectivity index (χ2v) is 2.34. The van der Waals surface area contributed by atoms with Gasteiger partial charge in [-0.25, -0.2) is 0 Å². The molecule has 0 bridgehead atoms. The second kappa shape index (κ2) is 6.54. The van der Waals surface area contributed by atoms with Gasteiger partial charge in [0.05, 0.1) is 12.4 Å². The van der Waals surface area contributed by atoms with Gasteiger partial charge in [0, 0.05) is 0 Å². The maximum Gasteiger partial charge on any atom is 0.318 e. The summed E-state index contributed by atoms with van der Waals surface area (Å²) in [5.74, 6) is 0. The van der Waals surface area contributed by atoms with Gasteiger partial charge in [-0.1, -0.05) is 10.3 Å². The summed E-state index contributed by atoms with van der Waals surface area (Å²) >= 11 is 0. The number of hydrogen-bond acceptors (Lipinski definition) is 8. The standard InChI is InChI=1S/C2H4N2O6S2/c5-11(6)9-3-1-2-4-10-12(7)8/h1-2,11-12H. The number of hydrogen-bond donors (Lipinski definition) is 2. The Kier molecular flexibility index (Phi) is 5.91. The molecule has 0 aliphatic heterocycles. The highest BCUT2D eigenvalue weighted by atomic mass is 32.2.